The zero-order chi connectivity index (χ0) is 25.9. The number of piperidine rings is 1. The number of nitrogens with zero attached hydrogens (tertiary/aromatic N) is 8. The van der Waals surface area contributed by atoms with Crippen LogP contribution in [0.3, 0.4) is 0 Å². The summed E-state index contributed by atoms with van der Waals surface area (Å²) < 4.78 is 11.3. The van der Waals surface area contributed by atoms with Crippen LogP contribution in [-0.2, 0) is 13.1 Å². The third-order valence-corrected chi connectivity index (χ3v) is 6.30. The van der Waals surface area contributed by atoms with Gasteiger partial charge in [-0.1, -0.05) is 26.0 Å². The Kier molecular flexibility index (Phi) is 7.04. The molecule has 0 spiro atoms. The van der Waals surface area contributed by atoms with Gasteiger partial charge in [-0.15, -0.1) is 6.58 Å². The normalized spacial score (nSPS) is 14.9. The minimum absolute atomic E-state index is 0.116. The summed E-state index contributed by atoms with van der Waals surface area (Å²) >= 11 is 0. The number of nitrogens with one attached hydrogen (secondary N) is 1. The summed E-state index contributed by atoms with van der Waals surface area (Å²) in [4.78, 5) is 29.4. The fraction of sp³-hybridized carbons (Fsp3) is 0.423. The highest BCUT2D eigenvalue weighted by atomic mass is 16.5. The van der Waals surface area contributed by atoms with Gasteiger partial charge in [0.15, 0.2) is 11.5 Å². The van der Waals surface area contributed by atoms with Crippen molar-refractivity contribution in [1.29, 1.82) is 0 Å². The number of hydrogen-bond donors (Lipinski definition) is 1. The summed E-state index contributed by atoms with van der Waals surface area (Å²) in [6.45, 7) is 11.2. The van der Waals surface area contributed by atoms with Crippen LogP contribution in [-0.4, -0.2) is 65.2 Å². The van der Waals surface area contributed by atoms with E-state index in [-0.39, 0.29) is 11.7 Å². The molecule has 0 atom stereocenters. The number of fused-ring (bicyclic) bond motifs is 1. The molecule has 1 aliphatic rings. The summed E-state index contributed by atoms with van der Waals surface area (Å²) in [6.07, 6.45) is 8.88. The van der Waals surface area contributed by atoms with E-state index in [1.54, 1.807) is 27.8 Å². The first kappa shape index (κ1) is 24.7. The SMILES string of the molecule is C=CCn1c(=O)c2cnc(Nc3cnn(CC(C)C)c3)nc2n1-c1cccc(OC2CCN(C)CC2)n1. The highest BCUT2D eigenvalue weighted by molar-refractivity contribution is 5.77. The van der Waals surface area contributed by atoms with E-state index >= 15 is 0 Å². The Morgan fingerprint density at radius 3 is 2.78 bits per heavy atom. The summed E-state index contributed by atoms with van der Waals surface area (Å²) in [5.74, 6) is 1.90. The van der Waals surface area contributed by atoms with E-state index in [2.05, 4.69) is 47.8 Å². The molecule has 11 nitrogen and oxygen atoms in total. The molecule has 5 rings (SSSR count). The zero-order valence-electron chi connectivity index (χ0n) is 21.5. The van der Waals surface area contributed by atoms with Crippen molar-refractivity contribution in [2.24, 2.45) is 5.92 Å². The topological polar surface area (TPSA) is 108 Å². The standard InChI is InChI=1S/C26H33N9O2/c1-5-11-34-25(36)21-15-27-26(29-19-14-28-33(17-19)16-18(2)3)31-24(21)35(34)22-7-6-8-23(30-22)37-20-9-12-32(4)13-10-20/h5-8,14-15,17-18,20H,1,9-13,16H2,2-4H3,(H,27,29,31). The Balaban J connectivity index is 1.49. The highest BCUT2D eigenvalue weighted by Gasteiger charge is 2.21. The molecule has 0 radical (unpaired) electrons. The molecule has 4 aromatic rings. The molecule has 0 unspecified atom stereocenters. The molecular formula is C26H33N9O2. The van der Waals surface area contributed by atoms with E-state index in [0.29, 0.717) is 41.1 Å². The van der Waals surface area contributed by atoms with Gasteiger partial charge in [0.1, 0.15) is 11.5 Å². The van der Waals surface area contributed by atoms with Gasteiger partial charge in [0.05, 0.1) is 18.4 Å². The quantitative estimate of drug-likeness (QED) is 0.347. The van der Waals surface area contributed by atoms with Gasteiger partial charge in [-0.2, -0.15) is 15.1 Å². The lowest BCUT2D eigenvalue weighted by Gasteiger charge is -2.29. The maximum atomic E-state index is 13.2. The maximum absolute atomic E-state index is 13.2. The Bertz CT molecular complexity index is 1440. The van der Waals surface area contributed by atoms with Gasteiger partial charge >= 0.3 is 0 Å². The third kappa shape index (κ3) is 5.41. The fourth-order valence-electron chi connectivity index (χ4n) is 4.50. The number of aromatic nitrogens is 7. The van der Waals surface area contributed by atoms with Crippen molar-refractivity contribution in [3.8, 4) is 11.7 Å². The van der Waals surface area contributed by atoms with E-state index < -0.39 is 0 Å². The molecule has 4 aromatic heterocycles. The van der Waals surface area contributed by atoms with Crippen molar-refractivity contribution in [3.63, 3.8) is 0 Å². The van der Waals surface area contributed by atoms with Gasteiger partial charge in [0.25, 0.3) is 5.56 Å². The molecule has 1 saturated heterocycles. The number of likely N-dealkylation sites (tertiary alicyclic amines) is 1. The molecule has 37 heavy (non-hydrogen) atoms. The molecule has 1 N–H and O–H groups in total. The van der Waals surface area contributed by atoms with Gasteiger partial charge in [0.2, 0.25) is 11.8 Å². The van der Waals surface area contributed by atoms with Gasteiger partial charge in [0, 0.05) is 38.1 Å². The first-order valence-electron chi connectivity index (χ1n) is 12.6. The number of hydrogen-bond acceptors (Lipinski definition) is 8. The van der Waals surface area contributed by atoms with Crippen LogP contribution in [0, 0.1) is 5.92 Å². The van der Waals surface area contributed by atoms with Crippen molar-refractivity contribution >= 4 is 22.7 Å². The average Bonchev–Trinajstić information content (AvgIpc) is 3.42. The van der Waals surface area contributed by atoms with Gasteiger partial charge < -0.3 is 15.0 Å². The monoisotopic (exact) mass is 503 g/mol. The van der Waals surface area contributed by atoms with E-state index in [4.69, 9.17) is 14.7 Å². The smallest absolute Gasteiger partial charge is 0.278 e. The molecule has 0 aromatic carbocycles. The molecular weight excluding hydrogens is 470 g/mol. The molecule has 1 fully saturated rings. The second kappa shape index (κ2) is 10.6. The Hall–Kier alpha value is -3.99. The summed E-state index contributed by atoms with van der Waals surface area (Å²) in [5, 5.41) is 7.98. The minimum atomic E-state index is -0.213. The second-order valence-corrected chi connectivity index (χ2v) is 9.84. The van der Waals surface area contributed by atoms with Crippen molar-refractivity contribution in [2.45, 2.75) is 45.9 Å². The van der Waals surface area contributed by atoms with Crippen molar-refractivity contribution in [2.75, 3.05) is 25.5 Å². The van der Waals surface area contributed by atoms with Crippen LogP contribution in [0.15, 0.2) is 54.2 Å². The first-order valence-corrected chi connectivity index (χ1v) is 12.6. The summed E-state index contributed by atoms with van der Waals surface area (Å²) in [6, 6.07) is 5.57. The van der Waals surface area contributed by atoms with Crippen LogP contribution < -0.4 is 15.6 Å². The van der Waals surface area contributed by atoms with E-state index in [1.807, 2.05) is 29.1 Å². The Labute approximate surface area is 215 Å². The average molecular weight is 504 g/mol. The molecule has 1 aliphatic heterocycles. The van der Waals surface area contributed by atoms with Gasteiger partial charge in [-0.3, -0.25) is 9.48 Å². The third-order valence-electron chi connectivity index (χ3n) is 6.30. The molecule has 0 amide bonds. The predicted octanol–water partition coefficient (Wildman–Crippen LogP) is 3.23. The lowest BCUT2D eigenvalue weighted by Crippen LogP contribution is -2.35. The summed E-state index contributed by atoms with van der Waals surface area (Å²) in [7, 11) is 2.12. The number of pyridine rings is 1. The van der Waals surface area contributed by atoms with Crippen LogP contribution in [0.5, 0.6) is 5.88 Å². The number of allylic oxidation sites excluding steroid dienone is 1. The lowest BCUT2D eigenvalue weighted by atomic mass is 10.1. The van der Waals surface area contributed by atoms with Crippen LogP contribution in [0.4, 0.5) is 11.6 Å². The number of anilines is 2. The molecule has 0 bridgehead atoms. The molecule has 0 aliphatic carbocycles. The van der Waals surface area contributed by atoms with E-state index in [9.17, 15) is 4.79 Å². The molecule has 11 heteroatoms. The molecule has 0 saturated carbocycles. The van der Waals surface area contributed by atoms with Crippen molar-refractivity contribution in [1.82, 2.24) is 39.0 Å². The van der Waals surface area contributed by atoms with E-state index in [1.165, 1.54) is 0 Å². The largest absolute Gasteiger partial charge is 0.474 e. The van der Waals surface area contributed by atoms with Crippen molar-refractivity contribution in [3.05, 3.63) is 59.8 Å². The number of rotatable bonds is 9. The number of ether oxygens (including phenoxy) is 1. The van der Waals surface area contributed by atoms with Gasteiger partial charge in [-0.05, 0) is 31.9 Å². The van der Waals surface area contributed by atoms with E-state index in [0.717, 1.165) is 38.2 Å². The minimum Gasteiger partial charge on any atom is -0.474 e. The van der Waals surface area contributed by atoms with Crippen LogP contribution in [0.2, 0.25) is 0 Å². The van der Waals surface area contributed by atoms with Crippen LogP contribution >= 0.6 is 0 Å². The summed E-state index contributed by atoms with van der Waals surface area (Å²) in [5.41, 5.74) is 1.00. The van der Waals surface area contributed by atoms with Crippen LogP contribution in [0.25, 0.3) is 16.9 Å². The first-order chi connectivity index (χ1) is 17.9. The van der Waals surface area contributed by atoms with Crippen LogP contribution in [0.1, 0.15) is 26.7 Å². The Morgan fingerprint density at radius 2 is 2.03 bits per heavy atom. The zero-order valence-corrected chi connectivity index (χ0v) is 21.5. The van der Waals surface area contributed by atoms with Gasteiger partial charge in [-0.25, -0.2) is 14.3 Å². The highest BCUT2D eigenvalue weighted by Crippen LogP contribution is 2.21. The second-order valence-electron chi connectivity index (χ2n) is 9.84. The molecule has 194 valence electrons. The predicted molar refractivity (Wildman–Crippen MR) is 143 cm³/mol. The Morgan fingerprint density at radius 1 is 1.22 bits per heavy atom. The fourth-order valence-corrected chi connectivity index (χ4v) is 4.50. The maximum Gasteiger partial charge on any atom is 0.278 e. The molecule has 5 heterocycles. The van der Waals surface area contributed by atoms with Crippen molar-refractivity contribution < 1.29 is 4.74 Å². The lowest BCUT2D eigenvalue weighted by molar-refractivity contribution is 0.110.